The Balaban J connectivity index is 1.91. The summed E-state index contributed by atoms with van der Waals surface area (Å²) < 4.78 is 5.87. The van der Waals surface area contributed by atoms with Gasteiger partial charge in [0.2, 0.25) is 0 Å². The molecule has 1 fully saturated rings. The molecule has 7 nitrogen and oxygen atoms in total. The van der Waals surface area contributed by atoms with E-state index in [4.69, 9.17) is 4.74 Å². The van der Waals surface area contributed by atoms with Crippen molar-refractivity contribution >= 4 is 34.5 Å². The van der Waals surface area contributed by atoms with Crippen LogP contribution in [-0.4, -0.2) is 50.6 Å². The van der Waals surface area contributed by atoms with Crippen molar-refractivity contribution in [2.45, 2.75) is 53.0 Å². The summed E-state index contributed by atoms with van der Waals surface area (Å²) in [6.45, 7) is 14.6. The number of benzene rings is 3. The van der Waals surface area contributed by atoms with Gasteiger partial charge in [-0.05, 0) is 86.3 Å². The van der Waals surface area contributed by atoms with E-state index in [2.05, 4.69) is 39.5 Å². The molecule has 3 aromatic carbocycles. The molecule has 0 saturated carbocycles. The zero-order chi connectivity index (χ0) is 30.8. The van der Waals surface area contributed by atoms with E-state index in [9.17, 15) is 14.7 Å². The molecule has 0 spiro atoms. The molecule has 3 aromatic rings. The SMILES string of the molecule is CCOc1ccc(/C(O)=C2/C(=O)C(=O)N(c3ccc(N(CC)CC)cc3)C2c2ccc(N(C)C)cc2)cc1C(C)(C)C. The summed E-state index contributed by atoms with van der Waals surface area (Å²) in [4.78, 5) is 33.1. The first-order valence-corrected chi connectivity index (χ1v) is 14.6. The van der Waals surface area contributed by atoms with Crippen LogP contribution in [0.3, 0.4) is 0 Å². The molecule has 1 atom stereocenters. The molecule has 1 aliphatic heterocycles. The van der Waals surface area contributed by atoms with Crippen LogP contribution in [0.15, 0.2) is 72.3 Å². The molecule has 222 valence electrons. The third-order valence-corrected chi connectivity index (χ3v) is 7.79. The number of Topliss-reactive ketones (excluding diaryl/α,β-unsaturated/α-hetero) is 1. The Kier molecular flexibility index (Phi) is 9.00. The Hall–Kier alpha value is -4.26. The van der Waals surface area contributed by atoms with Crippen molar-refractivity contribution in [3.05, 3.63) is 89.0 Å². The second-order valence-corrected chi connectivity index (χ2v) is 11.7. The number of aliphatic hydroxyl groups excluding tert-OH is 1. The number of rotatable bonds is 9. The van der Waals surface area contributed by atoms with Gasteiger partial charge >= 0.3 is 0 Å². The topological polar surface area (TPSA) is 73.3 Å². The minimum Gasteiger partial charge on any atom is -0.507 e. The number of hydrogen-bond donors (Lipinski definition) is 1. The Morgan fingerprint density at radius 2 is 1.48 bits per heavy atom. The van der Waals surface area contributed by atoms with E-state index in [0.717, 1.165) is 41.3 Å². The Bertz CT molecular complexity index is 1460. The maximum Gasteiger partial charge on any atom is 0.300 e. The minimum atomic E-state index is -0.801. The van der Waals surface area contributed by atoms with Gasteiger partial charge in [0, 0.05) is 55.4 Å². The highest BCUT2D eigenvalue weighted by Crippen LogP contribution is 2.44. The summed E-state index contributed by atoms with van der Waals surface area (Å²) in [5, 5.41) is 11.8. The first-order chi connectivity index (χ1) is 19.9. The number of aliphatic hydroxyl groups is 1. The average molecular weight is 570 g/mol. The van der Waals surface area contributed by atoms with Crippen molar-refractivity contribution in [3.8, 4) is 5.75 Å². The maximum atomic E-state index is 13.7. The van der Waals surface area contributed by atoms with E-state index < -0.39 is 17.7 Å². The molecule has 1 saturated heterocycles. The average Bonchev–Trinajstić information content (AvgIpc) is 3.23. The van der Waals surface area contributed by atoms with E-state index in [-0.39, 0.29) is 16.7 Å². The standard InChI is InChI=1S/C35H43N3O4/c1-9-37(10-2)26-17-19-27(20-18-26)38-31(23-12-15-25(16-13-23)36(7)8)30(33(40)34(38)41)32(39)24-14-21-29(42-11-3)28(22-24)35(4,5)6/h12-22,31,39H,9-11H2,1-8H3/b32-30-. The van der Waals surface area contributed by atoms with Gasteiger partial charge in [-0.2, -0.15) is 0 Å². The van der Waals surface area contributed by atoms with Crippen LogP contribution in [0.5, 0.6) is 5.75 Å². The van der Waals surface area contributed by atoms with Crippen LogP contribution >= 0.6 is 0 Å². The third-order valence-electron chi connectivity index (χ3n) is 7.79. The van der Waals surface area contributed by atoms with Gasteiger partial charge in [-0.1, -0.05) is 32.9 Å². The van der Waals surface area contributed by atoms with E-state index in [1.165, 1.54) is 4.90 Å². The van der Waals surface area contributed by atoms with Crippen LogP contribution in [-0.2, 0) is 15.0 Å². The number of amides is 1. The molecule has 0 radical (unpaired) electrons. The van der Waals surface area contributed by atoms with Crippen LogP contribution in [0.2, 0.25) is 0 Å². The van der Waals surface area contributed by atoms with Crippen LogP contribution in [0.25, 0.3) is 5.76 Å². The van der Waals surface area contributed by atoms with Crippen molar-refractivity contribution in [2.24, 2.45) is 0 Å². The number of nitrogens with zero attached hydrogens (tertiary/aromatic N) is 3. The summed E-state index contributed by atoms with van der Waals surface area (Å²) in [6, 6.07) is 20.0. The van der Waals surface area contributed by atoms with Crippen molar-refractivity contribution in [3.63, 3.8) is 0 Å². The zero-order valence-electron chi connectivity index (χ0n) is 26.1. The minimum absolute atomic E-state index is 0.0643. The largest absolute Gasteiger partial charge is 0.507 e. The molecule has 1 unspecified atom stereocenters. The molecule has 1 amide bonds. The van der Waals surface area contributed by atoms with Crippen LogP contribution in [0.4, 0.5) is 17.1 Å². The third kappa shape index (κ3) is 5.87. The van der Waals surface area contributed by atoms with Gasteiger partial charge in [0.25, 0.3) is 11.7 Å². The monoisotopic (exact) mass is 569 g/mol. The predicted molar refractivity (Wildman–Crippen MR) is 172 cm³/mol. The zero-order valence-corrected chi connectivity index (χ0v) is 26.1. The lowest BCUT2D eigenvalue weighted by Gasteiger charge is -2.27. The summed E-state index contributed by atoms with van der Waals surface area (Å²) >= 11 is 0. The molecule has 4 rings (SSSR count). The van der Waals surface area contributed by atoms with Crippen molar-refractivity contribution in [1.82, 2.24) is 0 Å². The molecule has 1 N–H and O–H groups in total. The highest BCUT2D eigenvalue weighted by Gasteiger charge is 2.47. The molecule has 0 aromatic heterocycles. The van der Waals surface area contributed by atoms with Crippen LogP contribution in [0, 0.1) is 0 Å². The van der Waals surface area contributed by atoms with Crippen molar-refractivity contribution in [2.75, 3.05) is 48.5 Å². The Morgan fingerprint density at radius 3 is 2.00 bits per heavy atom. The number of ketones is 1. The van der Waals surface area contributed by atoms with Crippen LogP contribution in [0.1, 0.15) is 64.3 Å². The Morgan fingerprint density at radius 1 is 0.881 bits per heavy atom. The highest BCUT2D eigenvalue weighted by atomic mass is 16.5. The van der Waals surface area contributed by atoms with Gasteiger partial charge in [0.15, 0.2) is 0 Å². The molecule has 7 heteroatoms. The van der Waals surface area contributed by atoms with Crippen molar-refractivity contribution in [1.29, 1.82) is 0 Å². The number of carbonyl (C=O) groups excluding carboxylic acids is 2. The molecule has 0 aliphatic carbocycles. The van der Waals surface area contributed by atoms with E-state index in [0.29, 0.717) is 17.9 Å². The van der Waals surface area contributed by atoms with Gasteiger partial charge < -0.3 is 19.6 Å². The van der Waals surface area contributed by atoms with E-state index >= 15 is 0 Å². The predicted octanol–water partition coefficient (Wildman–Crippen LogP) is 6.92. The molecular weight excluding hydrogens is 526 g/mol. The number of ether oxygens (including phenoxy) is 1. The lowest BCUT2D eigenvalue weighted by molar-refractivity contribution is -0.132. The van der Waals surface area contributed by atoms with Gasteiger partial charge in [-0.3, -0.25) is 14.5 Å². The van der Waals surface area contributed by atoms with Crippen molar-refractivity contribution < 1.29 is 19.4 Å². The molecule has 1 aliphatic rings. The highest BCUT2D eigenvalue weighted by molar-refractivity contribution is 6.51. The van der Waals surface area contributed by atoms with Gasteiger partial charge in [0.05, 0.1) is 18.2 Å². The number of hydrogen-bond acceptors (Lipinski definition) is 6. The van der Waals surface area contributed by atoms with Gasteiger partial charge in [-0.15, -0.1) is 0 Å². The molecule has 42 heavy (non-hydrogen) atoms. The fourth-order valence-electron chi connectivity index (χ4n) is 5.48. The summed E-state index contributed by atoms with van der Waals surface area (Å²) in [7, 11) is 3.91. The fourth-order valence-corrected chi connectivity index (χ4v) is 5.48. The summed E-state index contributed by atoms with van der Waals surface area (Å²) in [5.41, 5.74) is 4.51. The van der Waals surface area contributed by atoms with E-state index in [1.54, 1.807) is 6.07 Å². The van der Waals surface area contributed by atoms with Gasteiger partial charge in [0.1, 0.15) is 11.5 Å². The second kappa shape index (κ2) is 12.3. The molecule has 1 heterocycles. The second-order valence-electron chi connectivity index (χ2n) is 11.7. The Labute approximate surface area is 250 Å². The maximum absolute atomic E-state index is 13.7. The number of carbonyl (C=O) groups is 2. The lowest BCUT2D eigenvalue weighted by atomic mass is 9.84. The quantitative estimate of drug-likeness (QED) is 0.171. The molecular formula is C35H43N3O4. The first kappa shape index (κ1) is 30.7. The fraction of sp³-hybridized carbons (Fsp3) is 0.371. The van der Waals surface area contributed by atoms with E-state index in [1.807, 2.05) is 86.6 Å². The lowest BCUT2D eigenvalue weighted by Crippen LogP contribution is -2.29. The van der Waals surface area contributed by atoms with Crippen LogP contribution < -0.4 is 19.4 Å². The summed E-state index contributed by atoms with van der Waals surface area (Å²) in [6.07, 6.45) is 0. The first-order valence-electron chi connectivity index (χ1n) is 14.6. The molecule has 0 bridgehead atoms. The normalized spacial score (nSPS) is 16.6. The number of anilines is 3. The summed E-state index contributed by atoms with van der Waals surface area (Å²) in [5.74, 6) is -0.860. The van der Waals surface area contributed by atoms with Gasteiger partial charge in [-0.25, -0.2) is 0 Å². The smallest absolute Gasteiger partial charge is 0.300 e.